The van der Waals surface area contributed by atoms with E-state index in [0.717, 1.165) is 11.6 Å². The second-order valence-corrected chi connectivity index (χ2v) is 5.94. The number of aromatic nitrogens is 2. The molecule has 1 heterocycles. The highest BCUT2D eigenvalue weighted by molar-refractivity contribution is 6.30. The molecule has 3 rings (SSSR count). The molecular formula is C18H14ClFN4O3. The van der Waals surface area contributed by atoms with Crippen molar-refractivity contribution in [3.05, 3.63) is 70.8 Å². The highest BCUT2D eigenvalue weighted by Gasteiger charge is 2.13. The number of carbonyl (C=O) groups is 2. The minimum absolute atomic E-state index is 0.000195. The van der Waals surface area contributed by atoms with E-state index in [2.05, 4.69) is 21.0 Å². The van der Waals surface area contributed by atoms with Crippen molar-refractivity contribution in [2.75, 3.05) is 0 Å². The maximum atomic E-state index is 13.5. The molecule has 0 saturated carbocycles. The normalized spacial score (nSPS) is 10.4. The highest BCUT2D eigenvalue weighted by atomic mass is 35.5. The van der Waals surface area contributed by atoms with E-state index < -0.39 is 17.6 Å². The summed E-state index contributed by atoms with van der Waals surface area (Å²) < 4.78 is 18.6. The number of rotatable bonds is 5. The second kappa shape index (κ2) is 8.41. The largest absolute Gasteiger partial charge is 0.339 e. The molecule has 1 aromatic heterocycles. The molecule has 0 atom stereocenters. The lowest BCUT2D eigenvalue weighted by atomic mass is 10.2. The van der Waals surface area contributed by atoms with Crippen molar-refractivity contribution < 1.29 is 18.5 Å². The lowest BCUT2D eigenvalue weighted by molar-refractivity contribution is -0.121. The first kappa shape index (κ1) is 18.5. The predicted molar refractivity (Wildman–Crippen MR) is 95.1 cm³/mol. The summed E-state index contributed by atoms with van der Waals surface area (Å²) in [5.74, 6) is -1.24. The number of halogens is 2. The van der Waals surface area contributed by atoms with E-state index in [0.29, 0.717) is 10.8 Å². The number of carbonyl (C=O) groups excluding carboxylic acids is 2. The third-order valence-corrected chi connectivity index (χ3v) is 3.82. The molecule has 27 heavy (non-hydrogen) atoms. The van der Waals surface area contributed by atoms with Crippen LogP contribution in [0.3, 0.4) is 0 Å². The fraction of sp³-hybridized carbons (Fsp3) is 0.111. The third kappa shape index (κ3) is 4.89. The Morgan fingerprint density at radius 2 is 1.81 bits per heavy atom. The molecule has 138 valence electrons. The van der Waals surface area contributed by atoms with Crippen LogP contribution in [0.25, 0.3) is 11.4 Å². The standard InChI is InChI=1S/C18H14ClFN4O3/c19-12-7-5-11(6-8-12)17-21-16(27-24-17)10-9-15(25)22-23-18(26)13-3-1-2-4-14(13)20/h1-8H,9-10H2,(H,22,25)(H,23,26). The van der Waals surface area contributed by atoms with Gasteiger partial charge in [-0.25, -0.2) is 4.39 Å². The van der Waals surface area contributed by atoms with E-state index in [1.54, 1.807) is 24.3 Å². The summed E-state index contributed by atoms with van der Waals surface area (Å²) in [5, 5.41) is 4.44. The van der Waals surface area contributed by atoms with Crippen molar-refractivity contribution in [3.8, 4) is 11.4 Å². The molecule has 2 N–H and O–H groups in total. The molecule has 0 spiro atoms. The van der Waals surface area contributed by atoms with E-state index >= 15 is 0 Å². The Hall–Kier alpha value is -3.26. The van der Waals surface area contributed by atoms with Gasteiger partial charge in [-0.1, -0.05) is 28.9 Å². The van der Waals surface area contributed by atoms with Crippen molar-refractivity contribution in [2.24, 2.45) is 0 Å². The van der Waals surface area contributed by atoms with Crippen molar-refractivity contribution in [3.63, 3.8) is 0 Å². The van der Waals surface area contributed by atoms with E-state index in [1.807, 2.05) is 0 Å². The van der Waals surface area contributed by atoms with E-state index in [4.69, 9.17) is 16.1 Å². The maximum Gasteiger partial charge on any atom is 0.272 e. The summed E-state index contributed by atoms with van der Waals surface area (Å²) >= 11 is 5.83. The van der Waals surface area contributed by atoms with E-state index in [-0.39, 0.29) is 24.3 Å². The van der Waals surface area contributed by atoms with Crippen LogP contribution in [0.1, 0.15) is 22.7 Å². The Labute approximate surface area is 158 Å². The Morgan fingerprint density at radius 1 is 1.07 bits per heavy atom. The molecule has 0 bridgehead atoms. The molecule has 0 aliphatic rings. The molecule has 2 aromatic carbocycles. The summed E-state index contributed by atoms with van der Waals surface area (Å²) in [6, 6.07) is 12.4. The number of hydrogen-bond acceptors (Lipinski definition) is 5. The third-order valence-electron chi connectivity index (χ3n) is 3.57. The Morgan fingerprint density at radius 3 is 2.56 bits per heavy atom. The van der Waals surface area contributed by atoms with Crippen molar-refractivity contribution in [1.29, 1.82) is 0 Å². The van der Waals surface area contributed by atoms with Gasteiger partial charge in [-0.15, -0.1) is 0 Å². The maximum absolute atomic E-state index is 13.5. The van der Waals surface area contributed by atoms with Gasteiger partial charge in [0.15, 0.2) is 0 Å². The Bertz CT molecular complexity index is 959. The lowest BCUT2D eigenvalue weighted by Gasteiger charge is -2.07. The summed E-state index contributed by atoms with van der Waals surface area (Å²) in [6.07, 6.45) is 0.182. The molecule has 0 unspecified atom stereocenters. The summed E-state index contributed by atoms with van der Waals surface area (Å²) in [5.41, 5.74) is 4.94. The van der Waals surface area contributed by atoms with Crippen LogP contribution in [0.15, 0.2) is 53.1 Å². The zero-order chi connectivity index (χ0) is 19.2. The van der Waals surface area contributed by atoms with Crippen molar-refractivity contribution in [2.45, 2.75) is 12.8 Å². The van der Waals surface area contributed by atoms with Gasteiger partial charge in [-0.05, 0) is 36.4 Å². The lowest BCUT2D eigenvalue weighted by Crippen LogP contribution is -2.42. The molecule has 9 heteroatoms. The quantitative estimate of drug-likeness (QED) is 0.655. The van der Waals surface area contributed by atoms with Gasteiger partial charge in [0.2, 0.25) is 17.6 Å². The fourth-order valence-electron chi connectivity index (χ4n) is 2.19. The molecule has 0 fully saturated rings. The van der Waals surface area contributed by atoms with Gasteiger partial charge in [0, 0.05) is 23.4 Å². The van der Waals surface area contributed by atoms with Crippen LogP contribution in [0.2, 0.25) is 5.02 Å². The van der Waals surface area contributed by atoms with Crippen LogP contribution in [-0.4, -0.2) is 22.0 Å². The number of hydrazine groups is 1. The van der Waals surface area contributed by atoms with Gasteiger partial charge in [-0.3, -0.25) is 20.4 Å². The van der Waals surface area contributed by atoms with Crippen LogP contribution in [0.4, 0.5) is 4.39 Å². The van der Waals surface area contributed by atoms with Crippen LogP contribution in [-0.2, 0) is 11.2 Å². The van der Waals surface area contributed by atoms with E-state index in [9.17, 15) is 14.0 Å². The summed E-state index contributed by atoms with van der Waals surface area (Å²) in [7, 11) is 0. The first-order valence-corrected chi connectivity index (χ1v) is 8.33. The highest BCUT2D eigenvalue weighted by Crippen LogP contribution is 2.18. The van der Waals surface area contributed by atoms with Crippen LogP contribution in [0.5, 0.6) is 0 Å². The van der Waals surface area contributed by atoms with Gasteiger partial charge >= 0.3 is 0 Å². The molecule has 0 radical (unpaired) electrons. The zero-order valence-corrected chi connectivity index (χ0v) is 14.7. The SMILES string of the molecule is O=C(CCc1nc(-c2ccc(Cl)cc2)no1)NNC(=O)c1ccccc1F. The van der Waals surface area contributed by atoms with Crippen molar-refractivity contribution >= 4 is 23.4 Å². The summed E-state index contributed by atoms with van der Waals surface area (Å²) in [4.78, 5) is 27.8. The number of nitrogens with zero attached hydrogens (tertiary/aromatic N) is 2. The summed E-state index contributed by atoms with van der Waals surface area (Å²) in [6.45, 7) is 0. The smallest absolute Gasteiger partial charge is 0.272 e. The minimum atomic E-state index is -0.746. The van der Waals surface area contributed by atoms with E-state index in [1.165, 1.54) is 18.2 Å². The van der Waals surface area contributed by atoms with Gasteiger partial charge < -0.3 is 4.52 Å². The van der Waals surface area contributed by atoms with Gasteiger partial charge in [-0.2, -0.15) is 4.98 Å². The minimum Gasteiger partial charge on any atom is -0.339 e. The first-order valence-electron chi connectivity index (χ1n) is 7.95. The number of hydrogen-bond donors (Lipinski definition) is 2. The first-order chi connectivity index (χ1) is 13.0. The molecular weight excluding hydrogens is 375 g/mol. The Kier molecular flexibility index (Phi) is 5.77. The van der Waals surface area contributed by atoms with Crippen LogP contribution >= 0.6 is 11.6 Å². The van der Waals surface area contributed by atoms with Gasteiger partial charge in [0.05, 0.1) is 5.56 Å². The van der Waals surface area contributed by atoms with Crippen molar-refractivity contribution in [1.82, 2.24) is 21.0 Å². The average Bonchev–Trinajstić information content (AvgIpc) is 3.14. The van der Waals surface area contributed by atoms with Crippen LogP contribution in [0, 0.1) is 5.82 Å². The molecule has 0 aliphatic heterocycles. The molecule has 7 nitrogen and oxygen atoms in total. The van der Waals surface area contributed by atoms with Gasteiger partial charge in [0.25, 0.3) is 5.91 Å². The number of benzene rings is 2. The second-order valence-electron chi connectivity index (χ2n) is 5.50. The zero-order valence-electron chi connectivity index (χ0n) is 13.9. The predicted octanol–water partition coefficient (Wildman–Crippen LogP) is 2.92. The van der Waals surface area contributed by atoms with Gasteiger partial charge in [0.1, 0.15) is 5.82 Å². The molecule has 3 aromatic rings. The number of aryl methyl sites for hydroxylation is 1. The molecule has 2 amide bonds. The molecule has 0 aliphatic carbocycles. The number of nitrogens with one attached hydrogen (secondary N) is 2. The van der Waals surface area contributed by atoms with Crippen LogP contribution < -0.4 is 10.9 Å². The molecule has 0 saturated heterocycles. The fourth-order valence-corrected chi connectivity index (χ4v) is 2.32. The monoisotopic (exact) mass is 388 g/mol. The Balaban J connectivity index is 1.49. The topological polar surface area (TPSA) is 97.1 Å². The number of amides is 2. The average molecular weight is 389 g/mol.